The van der Waals surface area contributed by atoms with E-state index >= 15 is 0 Å². The number of fused-ring (bicyclic) bond motifs is 1. The van der Waals surface area contributed by atoms with E-state index in [9.17, 15) is 4.39 Å². The van der Waals surface area contributed by atoms with E-state index in [4.69, 9.17) is 10.2 Å². The molecule has 3 rings (SSSR count). The summed E-state index contributed by atoms with van der Waals surface area (Å²) in [4.78, 5) is 4.33. The molecule has 0 aliphatic carbocycles. The molecular formula is C14H11FN2O. The molecule has 2 N–H and O–H groups in total. The van der Waals surface area contributed by atoms with Crippen LogP contribution in [0.25, 0.3) is 22.6 Å². The van der Waals surface area contributed by atoms with Crippen molar-refractivity contribution < 1.29 is 8.81 Å². The molecule has 3 aromatic rings. The molecule has 0 radical (unpaired) electrons. The number of para-hydroxylation sites is 1. The maximum Gasteiger partial charge on any atom is 0.227 e. The first-order chi connectivity index (χ1) is 8.65. The predicted octanol–water partition coefficient (Wildman–Crippen LogP) is 3.52. The second kappa shape index (κ2) is 3.84. The van der Waals surface area contributed by atoms with Gasteiger partial charge in [0, 0.05) is 5.56 Å². The van der Waals surface area contributed by atoms with E-state index in [0.717, 1.165) is 5.56 Å². The van der Waals surface area contributed by atoms with Crippen molar-refractivity contribution in [1.82, 2.24) is 4.98 Å². The number of nitrogen functional groups attached to an aromatic ring is 1. The highest BCUT2D eigenvalue weighted by atomic mass is 19.1. The number of aromatic nitrogens is 1. The standard InChI is InChI=1S/C14H11FN2O/c1-8-5-6-9(15)7-10(8)14-17-13-11(16)3-2-4-12(13)18-14/h2-7H,16H2,1H3. The summed E-state index contributed by atoms with van der Waals surface area (Å²) in [6.45, 7) is 1.88. The summed E-state index contributed by atoms with van der Waals surface area (Å²) in [5.74, 6) is 0.0747. The minimum atomic E-state index is -0.314. The van der Waals surface area contributed by atoms with E-state index in [2.05, 4.69) is 4.98 Å². The zero-order chi connectivity index (χ0) is 12.7. The van der Waals surface area contributed by atoms with Crippen LogP contribution in [0.4, 0.5) is 10.1 Å². The number of aryl methyl sites for hydroxylation is 1. The van der Waals surface area contributed by atoms with Gasteiger partial charge < -0.3 is 10.2 Å². The van der Waals surface area contributed by atoms with Gasteiger partial charge >= 0.3 is 0 Å². The zero-order valence-corrected chi connectivity index (χ0v) is 9.77. The Morgan fingerprint density at radius 3 is 2.83 bits per heavy atom. The highest BCUT2D eigenvalue weighted by molar-refractivity contribution is 5.87. The lowest BCUT2D eigenvalue weighted by molar-refractivity contribution is 0.610. The monoisotopic (exact) mass is 242 g/mol. The largest absolute Gasteiger partial charge is 0.436 e. The third-order valence-corrected chi connectivity index (χ3v) is 2.88. The fourth-order valence-electron chi connectivity index (χ4n) is 1.91. The molecule has 4 heteroatoms. The Labute approximate surface area is 103 Å². The first kappa shape index (κ1) is 10.8. The molecule has 2 aromatic carbocycles. The number of hydrogen-bond acceptors (Lipinski definition) is 3. The lowest BCUT2D eigenvalue weighted by atomic mass is 10.1. The number of benzene rings is 2. The SMILES string of the molecule is Cc1ccc(F)cc1-c1nc2c(N)cccc2o1. The molecule has 0 amide bonds. The Bertz CT molecular complexity index is 734. The topological polar surface area (TPSA) is 52.0 Å². The highest BCUT2D eigenvalue weighted by Crippen LogP contribution is 2.29. The molecule has 0 spiro atoms. The number of oxazole rings is 1. The van der Waals surface area contributed by atoms with Gasteiger partial charge in [0.1, 0.15) is 11.3 Å². The van der Waals surface area contributed by atoms with E-state index in [0.29, 0.717) is 28.2 Å². The van der Waals surface area contributed by atoms with Crippen LogP contribution in [0.2, 0.25) is 0 Å². The minimum Gasteiger partial charge on any atom is -0.436 e. The van der Waals surface area contributed by atoms with Gasteiger partial charge in [-0.2, -0.15) is 0 Å². The van der Waals surface area contributed by atoms with Crippen molar-refractivity contribution in [2.24, 2.45) is 0 Å². The van der Waals surface area contributed by atoms with Crippen LogP contribution in [0.15, 0.2) is 40.8 Å². The first-order valence-electron chi connectivity index (χ1n) is 5.57. The van der Waals surface area contributed by atoms with Gasteiger partial charge in [-0.1, -0.05) is 12.1 Å². The summed E-state index contributed by atoms with van der Waals surface area (Å²) in [5, 5.41) is 0. The Morgan fingerprint density at radius 1 is 1.22 bits per heavy atom. The van der Waals surface area contributed by atoms with Crippen molar-refractivity contribution in [3.63, 3.8) is 0 Å². The molecule has 0 atom stereocenters. The molecule has 1 aromatic heterocycles. The van der Waals surface area contributed by atoms with Crippen LogP contribution in [0.3, 0.4) is 0 Å². The van der Waals surface area contributed by atoms with E-state index in [1.807, 2.05) is 6.92 Å². The van der Waals surface area contributed by atoms with Crippen LogP contribution < -0.4 is 5.73 Å². The quantitative estimate of drug-likeness (QED) is 0.664. The maximum absolute atomic E-state index is 13.3. The van der Waals surface area contributed by atoms with Gasteiger partial charge in [0.2, 0.25) is 5.89 Å². The molecular weight excluding hydrogens is 231 g/mol. The fraction of sp³-hybridized carbons (Fsp3) is 0.0714. The molecule has 0 unspecified atom stereocenters. The summed E-state index contributed by atoms with van der Waals surface area (Å²) in [6.07, 6.45) is 0. The van der Waals surface area contributed by atoms with Gasteiger partial charge in [-0.15, -0.1) is 0 Å². The van der Waals surface area contributed by atoms with Gasteiger partial charge in [0.25, 0.3) is 0 Å². The van der Waals surface area contributed by atoms with Crippen molar-refractivity contribution in [1.29, 1.82) is 0 Å². The zero-order valence-electron chi connectivity index (χ0n) is 9.77. The highest BCUT2D eigenvalue weighted by Gasteiger charge is 2.12. The minimum absolute atomic E-state index is 0.314. The number of anilines is 1. The van der Waals surface area contributed by atoms with Gasteiger partial charge in [0.05, 0.1) is 5.69 Å². The number of hydrogen-bond donors (Lipinski definition) is 1. The Balaban J connectivity index is 2.26. The smallest absolute Gasteiger partial charge is 0.227 e. The molecule has 0 saturated carbocycles. The molecule has 90 valence electrons. The van der Waals surface area contributed by atoms with Gasteiger partial charge in [-0.3, -0.25) is 0 Å². The third kappa shape index (κ3) is 1.62. The van der Waals surface area contributed by atoms with E-state index in [-0.39, 0.29) is 5.82 Å². The summed E-state index contributed by atoms with van der Waals surface area (Å²) in [5.41, 5.74) is 9.13. The van der Waals surface area contributed by atoms with Crippen LogP contribution in [0.1, 0.15) is 5.56 Å². The Kier molecular flexibility index (Phi) is 2.30. The van der Waals surface area contributed by atoms with Crippen LogP contribution in [-0.4, -0.2) is 4.98 Å². The van der Waals surface area contributed by atoms with E-state index in [1.165, 1.54) is 12.1 Å². The first-order valence-corrected chi connectivity index (χ1v) is 5.57. The summed E-state index contributed by atoms with van der Waals surface area (Å²) >= 11 is 0. The molecule has 0 saturated heterocycles. The number of nitrogens with two attached hydrogens (primary N) is 1. The number of nitrogens with zero attached hydrogens (tertiary/aromatic N) is 1. The van der Waals surface area contributed by atoms with Crippen molar-refractivity contribution in [2.75, 3.05) is 5.73 Å². The van der Waals surface area contributed by atoms with Gasteiger partial charge in [-0.25, -0.2) is 9.37 Å². The molecule has 3 nitrogen and oxygen atoms in total. The Morgan fingerprint density at radius 2 is 2.06 bits per heavy atom. The van der Waals surface area contributed by atoms with E-state index in [1.54, 1.807) is 24.3 Å². The molecule has 18 heavy (non-hydrogen) atoms. The fourth-order valence-corrected chi connectivity index (χ4v) is 1.91. The van der Waals surface area contributed by atoms with Gasteiger partial charge in [0.15, 0.2) is 5.58 Å². The van der Waals surface area contributed by atoms with Crippen LogP contribution in [-0.2, 0) is 0 Å². The van der Waals surface area contributed by atoms with Crippen LogP contribution in [0, 0.1) is 12.7 Å². The van der Waals surface area contributed by atoms with E-state index < -0.39 is 0 Å². The lowest BCUT2D eigenvalue weighted by Gasteiger charge is -2.00. The van der Waals surface area contributed by atoms with Crippen LogP contribution in [0.5, 0.6) is 0 Å². The van der Waals surface area contributed by atoms with Crippen LogP contribution >= 0.6 is 0 Å². The predicted molar refractivity (Wildman–Crippen MR) is 68.6 cm³/mol. The van der Waals surface area contributed by atoms with Crippen molar-refractivity contribution in [3.8, 4) is 11.5 Å². The van der Waals surface area contributed by atoms with Crippen molar-refractivity contribution in [3.05, 3.63) is 47.8 Å². The molecule has 0 bridgehead atoms. The van der Waals surface area contributed by atoms with Crippen molar-refractivity contribution in [2.45, 2.75) is 6.92 Å². The lowest BCUT2D eigenvalue weighted by Crippen LogP contribution is -1.87. The number of rotatable bonds is 1. The Hall–Kier alpha value is -2.36. The molecule has 0 fully saturated rings. The average Bonchev–Trinajstić information content (AvgIpc) is 2.77. The average molecular weight is 242 g/mol. The second-order valence-electron chi connectivity index (χ2n) is 4.17. The van der Waals surface area contributed by atoms with Crippen molar-refractivity contribution >= 4 is 16.8 Å². The molecule has 0 aliphatic rings. The normalized spacial score (nSPS) is 11.0. The molecule has 0 aliphatic heterocycles. The number of halogens is 1. The second-order valence-corrected chi connectivity index (χ2v) is 4.17. The maximum atomic E-state index is 13.3. The summed E-state index contributed by atoms with van der Waals surface area (Å²) < 4.78 is 18.9. The summed E-state index contributed by atoms with van der Waals surface area (Å²) in [6, 6.07) is 9.87. The third-order valence-electron chi connectivity index (χ3n) is 2.88. The molecule has 1 heterocycles. The summed E-state index contributed by atoms with van der Waals surface area (Å²) in [7, 11) is 0. The van der Waals surface area contributed by atoms with Gasteiger partial charge in [-0.05, 0) is 36.8 Å².